The largest absolute Gasteiger partial charge is 0.490 e. The highest BCUT2D eigenvalue weighted by molar-refractivity contribution is 14.0. The van der Waals surface area contributed by atoms with Gasteiger partial charge in [-0.1, -0.05) is 18.6 Å². The van der Waals surface area contributed by atoms with Crippen LogP contribution in [0.5, 0.6) is 5.75 Å². The first-order valence-electron chi connectivity index (χ1n) is 10.4. The molecule has 1 aromatic rings. The number of benzene rings is 1. The van der Waals surface area contributed by atoms with Crippen molar-refractivity contribution >= 4 is 29.9 Å². The molecule has 1 saturated carbocycles. The van der Waals surface area contributed by atoms with E-state index < -0.39 is 0 Å². The van der Waals surface area contributed by atoms with Crippen molar-refractivity contribution in [1.82, 2.24) is 10.2 Å². The minimum atomic E-state index is 0. The molecule has 0 unspecified atom stereocenters. The van der Waals surface area contributed by atoms with Crippen LogP contribution in [-0.4, -0.2) is 56.4 Å². The van der Waals surface area contributed by atoms with Crippen LogP contribution in [0.3, 0.4) is 0 Å². The zero-order chi connectivity index (χ0) is 18.7. The van der Waals surface area contributed by atoms with E-state index in [0.717, 1.165) is 57.1 Å². The fourth-order valence-corrected chi connectivity index (χ4v) is 3.67. The summed E-state index contributed by atoms with van der Waals surface area (Å²) in [5.74, 6) is 1.46. The number of ether oxygens (including phenoxy) is 2. The van der Waals surface area contributed by atoms with E-state index in [-0.39, 0.29) is 24.0 Å². The molecule has 2 fully saturated rings. The second kappa shape index (κ2) is 13.2. The topological polar surface area (TPSA) is 72.1 Å². The SMILES string of the molecule is I.NC(=NCc1cccc(OC2CCCCC2)c1)NCCCN1CCOCC1. The number of nitrogens with two attached hydrogens (primary N) is 1. The molecule has 6 nitrogen and oxygen atoms in total. The van der Waals surface area contributed by atoms with Gasteiger partial charge in [0.25, 0.3) is 0 Å². The first-order valence-corrected chi connectivity index (χ1v) is 10.4. The lowest BCUT2D eigenvalue weighted by molar-refractivity contribution is 0.0376. The lowest BCUT2D eigenvalue weighted by Crippen LogP contribution is -2.39. The van der Waals surface area contributed by atoms with Gasteiger partial charge in [0.2, 0.25) is 0 Å². The Kier molecular flexibility index (Phi) is 11.0. The van der Waals surface area contributed by atoms with Crippen LogP contribution in [-0.2, 0) is 11.3 Å². The number of aliphatic imine (C=N–C) groups is 1. The number of hydrogen-bond donors (Lipinski definition) is 2. The Morgan fingerprint density at radius 3 is 2.79 bits per heavy atom. The quantitative estimate of drug-likeness (QED) is 0.248. The summed E-state index contributed by atoms with van der Waals surface area (Å²) in [6.45, 7) is 6.25. The van der Waals surface area contributed by atoms with Gasteiger partial charge >= 0.3 is 0 Å². The van der Waals surface area contributed by atoms with Crippen LogP contribution in [0.2, 0.25) is 0 Å². The maximum Gasteiger partial charge on any atom is 0.188 e. The van der Waals surface area contributed by atoms with Crippen LogP contribution in [0.15, 0.2) is 29.3 Å². The Morgan fingerprint density at radius 2 is 2.00 bits per heavy atom. The zero-order valence-corrected chi connectivity index (χ0v) is 19.1. The number of nitrogens with zero attached hydrogens (tertiary/aromatic N) is 2. The van der Waals surface area contributed by atoms with Crippen molar-refractivity contribution in [1.29, 1.82) is 0 Å². The maximum absolute atomic E-state index is 6.13. The second-order valence-electron chi connectivity index (χ2n) is 7.46. The molecule has 1 saturated heterocycles. The summed E-state index contributed by atoms with van der Waals surface area (Å²) in [4.78, 5) is 6.89. The number of morpholine rings is 1. The Labute approximate surface area is 186 Å². The molecule has 7 heteroatoms. The molecule has 1 heterocycles. The summed E-state index contributed by atoms with van der Waals surface area (Å²) in [7, 11) is 0. The van der Waals surface area contributed by atoms with E-state index in [0.29, 0.717) is 18.6 Å². The Balaban J connectivity index is 0.00000280. The summed E-state index contributed by atoms with van der Waals surface area (Å²) in [5, 5.41) is 3.21. The number of nitrogens with one attached hydrogen (secondary N) is 1. The molecule has 3 rings (SSSR count). The highest BCUT2D eigenvalue weighted by atomic mass is 127. The fraction of sp³-hybridized carbons (Fsp3) is 0.667. The van der Waals surface area contributed by atoms with Crippen LogP contribution < -0.4 is 15.8 Å². The van der Waals surface area contributed by atoms with E-state index in [4.69, 9.17) is 15.2 Å². The van der Waals surface area contributed by atoms with E-state index in [2.05, 4.69) is 27.3 Å². The van der Waals surface area contributed by atoms with Crippen molar-refractivity contribution in [3.05, 3.63) is 29.8 Å². The molecule has 2 aliphatic rings. The van der Waals surface area contributed by atoms with Crippen molar-refractivity contribution in [2.75, 3.05) is 39.4 Å². The van der Waals surface area contributed by atoms with E-state index in [1.165, 1.54) is 32.1 Å². The summed E-state index contributed by atoms with van der Waals surface area (Å²) in [6.07, 6.45) is 7.67. The van der Waals surface area contributed by atoms with E-state index in [9.17, 15) is 0 Å². The van der Waals surface area contributed by atoms with Crippen LogP contribution in [0.1, 0.15) is 44.1 Å². The lowest BCUT2D eigenvalue weighted by Gasteiger charge is -2.26. The predicted molar refractivity (Wildman–Crippen MR) is 125 cm³/mol. The molecule has 0 spiro atoms. The summed E-state index contributed by atoms with van der Waals surface area (Å²) in [5.41, 5.74) is 7.13. The van der Waals surface area contributed by atoms with Gasteiger partial charge in [0.05, 0.1) is 25.9 Å². The van der Waals surface area contributed by atoms with Crippen LogP contribution in [0.4, 0.5) is 0 Å². The number of hydrogen-bond acceptors (Lipinski definition) is 4. The molecule has 0 bridgehead atoms. The Hall–Kier alpha value is -1.06. The molecule has 1 aliphatic carbocycles. The smallest absolute Gasteiger partial charge is 0.188 e. The minimum absolute atomic E-state index is 0. The third kappa shape index (κ3) is 8.53. The second-order valence-corrected chi connectivity index (χ2v) is 7.46. The van der Waals surface area contributed by atoms with Gasteiger partial charge in [0, 0.05) is 19.6 Å². The van der Waals surface area contributed by atoms with Crippen molar-refractivity contribution in [2.24, 2.45) is 10.7 Å². The zero-order valence-electron chi connectivity index (χ0n) is 16.8. The van der Waals surface area contributed by atoms with Gasteiger partial charge in [-0.25, -0.2) is 4.99 Å². The molecule has 0 aromatic heterocycles. The highest BCUT2D eigenvalue weighted by Crippen LogP contribution is 2.24. The number of halogens is 1. The Morgan fingerprint density at radius 1 is 1.21 bits per heavy atom. The van der Waals surface area contributed by atoms with Crippen molar-refractivity contribution in [3.8, 4) is 5.75 Å². The molecular formula is C21H35IN4O2. The predicted octanol–water partition coefficient (Wildman–Crippen LogP) is 3.14. The maximum atomic E-state index is 6.13. The van der Waals surface area contributed by atoms with Crippen molar-refractivity contribution < 1.29 is 9.47 Å². The van der Waals surface area contributed by atoms with Crippen molar-refractivity contribution in [2.45, 2.75) is 51.2 Å². The van der Waals surface area contributed by atoms with Gasteiger partial charge in [0.1, 0.15) is 5.75 Å². The number of guanidine groups is 1. The van der Waals surface area contributed by atoms with Gasteiger partial charge in [-0.3, -0.25) is 4.90 Å². The fourth-order valence-electron chi connectivity index (χ4n) is 3.67. The normalized spacial score (nSPS) is 19.1. The van der Waals surface area contributed by atoms with E-state index in [1.54, 1.807) is 0 Å². The van der Waals surface area contributed by atoms with E-state index >= 15 is 0 Å². The van der Waals surface area contributed by atoms with Gasteiger partial charge in [0.15, 0.2) is 5.96 Å². The molecule has 3 N–H and O–H groups in total. The molecule has 158 valence electrons. The number of rotatable bonds is 8. The van der Waals surface area contributed by atoms with E-state index in [1.807, 2.05) is 12.1 Å². The minimum Gasteiger partial charge on any atom is -0.490 e. The van der Waals surface area contributed by atoms with Crippen LogP contribution in [0, 0.1) is 0 Å². The van der Waals surface area contributed by atoms with Gasteiger partial charge in [-0.15, -0.1) is 24.0 Å². The monoisotopic (exact) mass is 502 g/mol. The first-order chi connectivity index (χ1) is 13.3. The molecule has 1 aliphatic heterocycles. The standard InChI is InChI=1S/C21H34N4O2.HI/c22-21(23-10-5-11-25-12-14-26-15-13-25)24-17-18-6-4-9-20(16-18)27-19-7-2-1-3-8-19;/h4,6,9,16,19H,1-3,5,7-8,10-15,17H2,(H3,22,23,24);1H. The lowest BCUT2D eigenvalue weighted by atomic mass is 9.98. The molecular weight excluding hydrogens is 467 g/mol. The highest BCUT2D eigenvalue weighted by Gasteiger charge is 2.14. The molecule has 0 radical (unpaired) electrons. The summed E-state index contributed by atoms with van der Waals surface area (Å²) < 4.78 is 11.5. The van der Waals surface area contributed by atoms with Crippen molar-refractivity contribution in [3.63, 3.8) is 0 Å². The van der Waals surface area contributed by atoms with Gasteiger partial charge < -0.3 is 20.5 Å². The first kappa shape index (κ1) is 23.2. The molecule has 1 aromatic carbocycles. The third-order valence-corrected chi connectivity index (χ3v) is 5.25. The molecule has 28 heavy (non-hydrogen) atoms. The third-order valence-electron chi connectivity index (χ3n) is 5.25. The average molecular weight is 502 g/mol. The average Bonchev–Trinajstić information content (AvgIpc) is 2.71. The summed E-state index contributed by atoms with van der Waals surface area (Å²) >= 11 is 0. The molecule has 0 amide bonds. The van der Waals surface area contributed by atoms with Crippen LogP contribution >= 0.6 is 24.0 Å². The van der Waals surface area contributed by atoms with Gasteiger partial charge in [-0.05, 0) is 56.3 Å². The Bertz CT molecular complexity index is 588. The molecule has 0 atom stereocenters. The van der Waals surface area contributed by atoms with Gasteiger partial charge in [-0.2, -0.15) is 0 Å². The van der Waals surface area contributed by atoms with Crippen LogP contribution in [0.25, 0.3) is 0 Å². The summed E-state index contributed by atoms with van der Waals surface area (Å²) in [6, 6.07) is 8.23.